The highest BCUT2D eigenvalue weighted by Crippen LogP contribution is 2.27. The van der Waals surface area contributed by atoms with Crippen molar-refractivity contribution in [3.8, 4) is 0 Å². The van der Waals surface area contributed by atoms with Gasteiger partial charge in [0.15, 0.2) is 0 Å². The average molecular weight is 388 g/mol. The maximum atomic E-state index is 12.9. The number of hydrogen-bond donors (Lipinski definition) is 0. The Bertz CT molecular complexity index is 1070. The topological polar surface area (TPSA) is 70.8 Å². The van der Waals surface area contributed by atoms with Crippen molar-refractivity contribution in [1.29, 1.82) is 0 Å². The normalized spacial score (nSPS) is 14.1. The van der Waals surface area contributed by atoms with Crippen molar-refractivity contribution in [3.05, 3.63) is 94.9 Å². The second-order valence-corrected chi connectivity index (χ2v) is 7.05. The number of carbonyl (C=O) groups is 3. The van der Waals surface area contributed by atoms with Gasteiger partial charge in [0.25, 0.3) is 17.7 Å². The van der Waals surface area contributed by atoms with Crippen LogP contribution in [-0.2, 0) is 6.54 Å². The molecular weight excluding hydrogens is 368 g/mol. The first-order valence-corrected chi connectivity index (χ1v) is 9.32. The average Bonchev–Trinajstić information content (AvgIpc) is 3.37. The van der Waals surface area contributed by atoms with Crippen molar-refractivity contribution in [2.45, 2.75) is 19.5 Å². The third kappa shape index (κ3) is 3.33. The van der Waals surface area contributed by atoms with Gasteiger partial charge in [-0.3, -0.25) is 19.3 Å². The van der Waals surface area contributed by atoms with Crippen molar-refractivity contribution >= 4 is 17.7 Å². The van der Waals surface area contributed by atoms with E-state index < -0.39 is 0 Å². The minimum atomic E-state index is -0.384. The van der Waals surface area contributed by atoms with Gasteiger partial charge in [0.05, 0.1) is 30.0 Å². The highest BCUT2D eigenvalue weighted by Gasteiger charge is 2.36. The Morgan fingerprint density at radius 1 is 1.00 bits per heavy atom. The lowest BCUT2D eigenvalue weighted by molar-refractivity contribution is 0.0642. The zero-order valence-corrected chi connectivity index (χ0v) is 16.2. The van der Waals surface area contributed by atoms with Crippen LogP contribution in [-0.4, -0.2) is 34.6 Å². The summed E-state index contributed by atoms with van der Waals surface area (Å²) in [5.74, 6) is -0.309. The lowest BCUT2D eigenvalue weighted by atomic mass is 10.0. The van der Waals surface area contributed by atoms with Gasteiger partial charge in [-0.25, -0.2) is 0 Å². The van der Waals surface area contributed by atoms with E-state index in [1.807, 2.05) is 37.3 Å². The molecule has 6 nitrogen and oxygen atoms in total. The number of imide groups is 1. The fraction of sp³-hybridized carbons (Fsp3) is 0.174. The van der Waals surface area contributed by atoms with E-state index in [0.29, 0.717) is 16.9 Å². The molecule has 1 aromatic heterocycles. The number of amides is 3. The fourth-order valence-electron chi connectivity index (χ4n) is 3.43. The number of carbonyl (C=O) groups excluding carboxylic acids is 3. The summed E-state index contributed by atoms with van der Waals surface area (Å²) in [5.41, 5.74) is 1.80. The number of furan rings is 1. The molecule has 4 rings (SSSR count). The van der Waals surface area contributed by atoms with Gasteiger partial charge < -0.3 is 9.32 Å². The summed E-state index contributed by atoms with van der Waals surface area (Å²) < 4.78 is 5.38. The molecule has 1 aliphatic heterocycles. The summed E-state index contributed by atoms with van der Waals surface area (Å²) in [7, 11) is 1.68. The second-order valence-electron chi connectivity index (χ2n) is 7.05. The zero-order valence-electron chi connectivity index (χ0n) is 16.2. The van der Waals surface area contributed by atoms with Gasteiger partial charge in [-0.15, -0.1) is 0 Å². The molecular formula is C23H20N2O4. The van der Waals surface area contributed by atoms with Gasteiger partial charge in [-0.05, 0) is 42.8 Å². The molecule has 2 aromatic carbocycles. The minimum Gasteiger partial charge on any atom is -0.467 e. The largest absolute Gasteiger partial charge is 0.467 e. The molecule has 29 heavy (non-hydrogen) atoms. The molecule has 1 atom stereocenters. The minimum absolute atomic E-state index is 0.200. The van der Waals surface area contributed by atoms with E-state index in [4.69, 9.17) is 4.42 Å². The third-order valence-corrected chi connectivity index (χ3v) is 5.26. The summed E-state index contributed by atoms with van der Waals surface area (Å²) in [6.07, 6.45) is 1.56. The molecule has 1 unspecified atom stereocenters. The number of nitrogens with zero attached hydrogens (tertiary/aromatic N) is 2. The van der Waals surface area contributed by atoms with Crippen molar-refractivity contribution in [2.24, 2.45) is 0 Å². The van der Waals surface area contributed by atoms with Crippen molar-refractivity contribution in [3.63, 3.8) is 0 Å². The summed E-state index contributed by atoms with van der Waals surface area (Å²) in [4.78, 5) is 41.2. The van der Waals surface area contributed by atoms with Crippen LogP contribution in [0.15, 0.2) is 71.3 Å². The van der Waals surface area contributed by atoms with E-state index >= 15 is 0 Å². The molecule has 146 valence electrons. The molecule has 0 N–H and O–H groups in total. The predicted molar refractivity (Wildman–Crippen MR) is 106 cm³/mol. The highest BCUT2D eigenvalue weighted by atomic mass is 16.3. The summed E-state index contributed by atoms with van der Waals surface area (Å²) in [6, 6.07) is 17.3. The standard InChI is InChI=1S/C23H20N2O4/c1-15(20-9-6-12-29-20)24(2)21(26)17-10-11-18-19(13-17)23(28)25(22(18)27)14-16-7-4-3-5-8-16/h3-13,15H,14H2,1-2H3. The molecule has 0 saturated carbocycles. The monoisotopic (exact) mass is 388 g/mol. The van der Waals surface area contributed by atoms with E-state index in [1.165, 1.54) is 11.0 Å². The molecule has 0 saturated heterocycles. The van der Waals surface area contributed by atoms with E-state index in [9.17, 15) is 14.4 Å². The maximum absolute atomic E-state index is 12.9. The van der Waals surface area contributed by atoms with Crippen molar-refractivity contribution in [1.82, 2.24) is 9.80 Å². The SMILES string of the molecule is CC(c1ccco1)N(C)C(=O)c1ccc2c(c1)C(=O)N(Cc1ccccc1)C2=O. The first-order chi connectivity index (χ1) is 14.0. The molecule has 1 aliphatic rings. The Morgan fingerprint density at radius 3 is 2.41 bits per heavy atom. The third-order valence-electron chi connectivity index (χ3n) is 5.26. The number of hydrogen-bond acceptors (Lipinski definition) is 4. The van der Waals surface area contributed by atoms with Crippen LogP contribution in [0.5, 0.6) is 0 Å². The van der Waals surface area contributed by atoms with Gasteiger partial charge >= 0.3 is 0 Å². The van der Waals surface area contributed by atoms with Gasteiger partial charge in [0.2, 0.25) is 0 Å². The first kappa shape index (κ1) is 18.7. The Balaban J connectivity index is 1.58. The zero-order chi connectivity index (χ0) is 20.5. The van der Waals surface area contributed by atoms with Crippen LogP contribution >= 0.6 is 0 Å². The molecule has 0 spiro atoms. The van der Waals surface area contributed by atoms with Gasteiger partial charge in [-0.1, -0.05) is 30.3 Å². The van der Waals surface area contributed by atoms with Crippen LogP contribution in [0.4, 0.5) is 0 Å². The second kappa shape index (κ2) is 7.39. The number of fused-ring (bicyclic) bond motifs is 1. The van der Waals surface area contributed by atoms with E-state index in [1.54, 1.807) is 42.5 Å². The molecule has 0 fully saturated rings. The van der Waals surface area contributed by atoms with Crippen LogP contribution in [0.3, 0.4) is 0 Å². The van der Waals surface area contributed by atoms with Crippen LogP contribution < -0.4 is 0 Å². The fourth-order valence-corrected chi connectivity index (χ4v) is 3.43. The Morgan fingerprint density at radius 2 is 1.72 bits per heavy atom. The van der Waals surface area contributed by atoms with Gasteiger partial charge in [-0.2, -0.15) is 0 Å². The first-order valence-electron chi connectivity index (χ1n) is 9.32. The Kier molecular flexibility index (Phi) is 4.76. The van der Waals surface area contributed by atoms with Crippen LogP contribution in [0.2, 0.25) is 0 Å². The lowest BCUT2D eigenvalue weighted by Crippen LogP contribution is -2.30. The number of benzene rings is 2. The summed E-state index contributed by atoms with van der Waals surface area (Å²) in [6.45, 7) is 2.06. The molecule has 2 heterocycles. The van der Waals surface area contributed by atoms with Crippen LogP contribution in [0.25, 0.3) is 0 Å². The maximum Gasteiger partial charge on any atom is 0.261 e. The Hall–Kier alpha value is -3.67. The quantitative estimate of drug-likeness (QED) is 0.622. The summed E-state index contributed by atoms with van der Waals surface area (Å²) in [5, 5.41) is 0. The van der Waals surface area contributed by atoms with E-state index in [-0.39, 0.29) is 35.9 Å². The molecule has 0 bridgehead atoms. The predicted octanol–water partition coefficient (Wildman–Crippen LogP) is 3.91. The summed E-state index contributed by atoms with van der Waals surface area (Å²) >= 11 is 0. The van der Waals surface area contributed by atoms with Crippen LogP contribution in [0.1, 0.15) is 55.4 Å². The van der Waals surface area contributed by atoms with Crippen molar-refractivity contribution in [2.75, 3.05) is 7.05 Å². The lowest BCUT2D eigenvalue weighted by Gasteiger charge is -2.23. The van der Waals surface area contributed by atoms with Crippen molar-refractivity contribution < 1.29 is 18.8 Å². The molecule has 0 radical (unpaired) electrons. The Labute approximate surface area is 168 Å². The van der Waals surface area contributed by atoms with Crippen LogP contribution in [0, 0.1) is 0 Å². The smallest absolute Gasteiger partial charge is 0.261 e. The van der Waals surface area contributed by atoms with Gasteiger partial charge in [0.1, 0.15) is 5.76 Å². The molecule has 0 aliphatic carbocycles. The molecule has 6 heteroatoms. The van der Waals surface area contributed by atoms with E-state index in [0.717, 1.165) is 5.56 Å². The van der Waals surface area contributed by atoms with E-state index in [2.05, 4.69) is 0 Å². The van der Waals surface area contributed by atoms with Gasteiger partial charge in [0, 0.05) is 12.6 Å². The number of rotatable bonds is 5. The molecule has 3 aromatic rings. The molecule has 3 amide bonds. The highest BCUT2D eigenvalue weighted by molar-refractivity contribution is 6.22.